The highest BCUT2D eigenvalue weighted by molar-refractivity contribution is 6.07. The zero-order valence-electron chi connectivity index (χ0n) is 12.9. The number of hydrogen-bond acceptors (Lipinski definition) is 3. The van der Waals surface area contributed by atoms with Crippen molar-refractivity contribution >= 4 is 17.4 Å². The first-order chi connectivity index (χ1) is 9.99. The summed E-state index contributed by atoms with van der Waals surface area (Å²) < 4.78 is 0. The highest BCUT2D eigenvalue weighted by Crippen LogP contribution is 2.20. The lowest BCUT2D eigenvalue weighted by Gasteiger charge is -2.14. The fourth-order valence-corrected chi connectivity index (χ4v) is 2.05. The number of carbonyl (C=O) groups is 1. The van der Waals surface area contributed by atoms with Crippen molar-refractivity contribution in [3.8, 4) is 0 Å². The number of benzene rings is 1. The Morgan fingerprint density at radius 3 is 2.62 bits per heavy atom. The minimum atomic E-state index is -0.153. The van der Waals surface area contributed by atoms with E-state index in [-0.39, 0.29) is 11.9 Å². The van der Waals surface area contributed by atoms with E-state index in [1.54, 1.807) is 18.3 Å². The summed E-state index contributed by atoms with van der Waals surface area (Å²) in [5.74, 6) is 0.454. The molecule has 0 unspecified atom stereocenters. The smallest absolute Gasteiger partial charge is 0.259 e. The van der Waals surface area contributed by atoms with E-state index in [4.69, 9.17) is 0 Å². The summed E-state index contributed by atoms with van der Waals surface area (Å²) in [5.41, 5.74) is 3.61. The summed E-state index contributed by atoms with van der Waals surface area (Å²) in [6.07, 6.45) is 1.68. The van der Waals surface area contributed by atoms with Crippen LogP contribution in [0.1, 0.15) is 35.3 Å². The van der Waals surface area contributed by atoms with Gasteiger partial charge in [0.05, 0.1) is 5.56 Å². The van der Waals surface area contributed by atoms with E-state index in [1.807, 2.05) is 45.9 Å². The van der Waals surface area contributed by atoms with Gasteiger partial charge < -0.3 is 10.6 Å². The van der Waals surface area contributed by atoms with E-state index in [9.17, 15) is 4.79 Å². The number of hydrogen-bond donors (Lipinski definition) is 2. The van der Waals surface area contributed by atoms with Crippen molar-refractivity contribution in [1.82, 2.24) is 4.98 Å². The molecule has 1 aromatic heterocycles. The van der Waals surface area contributed by atoms with Gasteiger partial charge in [0, 0.05) is 17.9 Å². The van der Waals surface area contributed by atoms with Crippen molar-refractivity contribution in [1.29, 1.82) is 0 Å². The molecular weight excluding hydrogens is 262 g/mol. The molecule has 0 fully saturated rings. The Balaban J connectivity index is 2.27. The van der Waals surface area contributed by atoms with Crippen molar-refractivity contribution in [3.63, 3.8) is 0 Å². The minimum Gasteiger partial charge on any atom is -0.367 e. The van der Waals surface area contributed by atoms with Crippen LogP contribution in [0.2, 0.25) is 0 Å². The topological polar surface area (TPSA) is 54.0 Å². The molecule has 0 saturated heterocycles. The Labute approximate surface area is 125 Å². The van der Waals surface area contributed by atoms with E-state index < -0.39 is 0 Å². The lowest BCUT2D eigenvalue weighted by molar-refractivity contribution is 0.102. The normalized spacial score (nSPS) is 10.5. The van der Waals surface area contributed by atoms with Gasteiger partial charge in [0.25, 0.3) is 5.91 Å². The third-order valence-corrected chi connectivity index (χ3v) is 3.33. The Hall–Kier alpha value is -2.36. The summed E-state index contributed by atoms with van der Waals surface area (Å²) in [6.45, 7) is 8.06. The third kappa shape index (κ3) is 3.60. The van der Waals surface area contributed by atoms with Crippen LogP contribution in [0.15, 0.2) is 36.5 Å². The number of aromatic nitrogens is 1. The SMILES string of the molecule is Cc1cccc(NC(=O)c2cccnc2NC(C)C)c1C. The van der Waals surface area contributed by atoms with Gasteiger partial charge in [-0.15, -0.1) is 0 Å². The lowest BCUT2D eigenvalue weighted by atomic mass is 10.1. The van der Waals surface area contributed by atoms with E-state index >= 15 is 0 Å². The second-order valence-corrected chi connectivity index (χ2v) is 5.40. The van der Waals surface area contributed by atoms with Gasteiger partial charge in [0.2, 0.25) is 0 Å². The number of amides is 1. The molecule has 21 heavy (non-hydrogen) atoms. The van der Waals surface area contributed by atoms with Crippen molar-refractivity contribution in [2.24, 2.45) is 0 Å². The molecule has 2 rings (SSSR count). The van der Waals surface area contributed by atoms with E-state index in [0.29, 0.717) is 11.4 Å². The lowest BCUT2D eigenvalue weighted by Crippen LogP contribution is -2.19. The molecule has 0 saturated carbocycles. The van der Waals surface area contributed by atoms with Crippen LogP contribution in [0.3, 0.4) is 0 Å². The zero-order chi connectivity index (χ0) is 15.4. The van der Waals surface area contributed by atoms with Crippen LogP contribution in [-0.4, -0.2) is 16.9 Å². The van der Waals surface area contributed by atoms with Crippen LogP contribution in [0.25, 0.3) is 0 Å². The van der Waals surface area contributed by atoms with Crippen LogP contribution < -0.4 is 10.6 Å². The van der Waals surface area contributed by atoms with E-state index in [0.717, 1.165) is 16.8 Å². The minimum absolute atomic E-state index is 0.153. The fourth-order valence-electron chi connectivity index (χ4n) is 2.05. The molecule has 1 aromatic carbocycles. The maximum atomic E-state index is 12.5. The molecular formula is C17H21N3O. The summed E-state index contributed by atoms with van der Waals surface area (Å²) in [5, 5.41) is 6.16. The average molecular weight is 283 g/mol. The van der Waals surface area contributed by atoms with Crippen molar-refractivity contribution in [2.45, 2.75) is 33.7 Å². The van der Waals surface area contributed by atoms with Crippen LogP contribution >= 0.6 is 0 Å². The second kappa shape index (κ2) is 6.39. The van der Waals surface area contributed by atoms with Crippen LogP contribution in [0, 0.1) is 13.8 Å². The second-order valence-electron chi connectivity index (χ2n) is 5.40. The van der Waals surface area contributed by atoms with E-state index in [1.165, 1.54) is 0 Å². The summed E-state index contributed by atoms with van der Waals surface area (Å²) in [7, 11) is 0. The average Bonchev–Trinajstić information content (AvgIpc) is 2.44. The first-order valence-corrected chi connectivity index (χ1v) is 7.08. The molecule has 4 nitrogen and oxygen atoms in total. The Bertz CT molecular complexity index is 650. The number of pyridine rings is 1. The molecule has 110 valence electrons. The molecule has 0 aliphatic carbocycles. The van der Waals surface area contributed by atoms with Gasteiger partial charge in [-0.2, -0.15) is 0 Å². The van der Waals surface area contributed by atoms with Gasteiger partial charge in [0.15, 0.2) is 0 Å². The summed E-state index contributed by atoms with van der Waals surface area (Å²) >= 11 is 0. The Morgan fingerprint density at radius 1 is 1.14 bits per heavy atom. The molecule has 1 heterocycles. The molecule has 2 N–H and O–H groups in total. The highest BCUT2D eigenvalue weighted by atomic mass is 16.1. The van der Waals surface area contributed by atoms with Gasteiger partial charge >= 0.3 is 0 Å². The van der Waals surface area contributed by atoms with Gasteiger partial charge in [-0.3, -0.25) is 4.79 Å². The first kappa shape index (κ1) is 15.0. The van der Waals surface area contributed by atoms with Crippen LogP contribution in [0.4, 0.5) is 11.5 Å². The molecule has 0 aliphatic heterocycles. The molecule has 0 atom stereocenters. The van der Waals surface area contributed by atoms with Crippen molar-refractivity contribution in [3.05, 3.63) is 53.2 Å². The monoisotopic (exact) mass is 283 g/mol. The zero-order valence-corrected chi connectivity index (χ0v) is 12.9. The molecule has 0 spiro atoms. The predicted molar refractivity (Wildman–Crippen MR) is 86.9 cm³/mol. The van der Waals surface area contributed by atoms with Crippen LogP contribution in [0.5, 0.6) is 0 Å². The van der Waals surface area contributed by atoms with Gasteiger partial charge in [0.1, 0.15) is 5.82 Å². The number of carbonyl (C=O) groups excluding carboxylic acids is 1. The quantitative estimate of drug-likeness (QED) is 0.898. The van der Waals surface area contributed by atoms with Gasteiger partial charge in [-0.1, -0.05) is 12.1 Å². The summed E-state index contributed by atoms with van der Waals surface area (Å²) in [6, 6.07) is 9.63. The van der Waals surface area contributed by atoms with Crippen LogP contribution in [-0.2, 0) is 0 Å². The maximum absolute atomic E-state index is 12.5. The summed E-state index contributed by atoms with van der Waals surface area (Å²) in [4.78, 5) is 16.7. The van der Waals surface area contributed by atoms with Crippen molar-refractivity contribution in [2.75, 3.05) is 10.6 Å². The first-order valence-electron chi connectivity index (χ1n) is 7.08. The largest absolute Gasteiger partial charge is 0.367 e. The van der Waals surface area contributed by atoms with Gasteiger partial charge in [-0.25, -0.2) is 4.98 Å². The number of aryl methyl sites for hydroxylation is 1. The molecule has 1 amide bonds. The number of anilines is 2. The molecule has 4 heteroatoms. The molecule has 0 aliphatic rings. The highest BCUT2D eigenvalue weighted by Gasteiger charge is 2.14. The number of nitrogens with zero attached hydrogens (tertiary/aromatic N) is 1. The van der Waals surface area contributed by atoms with E-state index in [2.05, 4.69) is 15.6 Å². The van der Waals surface area contributed by atoms with Gasteiger partial charge in [-0.05, 0) is 57.0 Å². The third-order valence-electron chi connectivity index (χ3n) is 3.33. The molecule has 2 aromatic rings. The fraction of sp³-hybridized carbons (Fsp3) is 0.294. The number of rotatable bonds is 4. The Morgan fingerprint density at radius 2 is 1.90 bits per heavy atom. The molecule has 0 bridgehead atoms. The maximum Gasteiger partial charge on any atom is 0.259 e. The standard InChI is InChI=1S/C17H21N3O/c1-11(2)19-16-14(8-6-10-18-16)17(21)20-15-9-5-7-12(3)13(15)4/h5-11H,1-4H3,(H,18,19)(H,20,21). The predicted octanol–water partition coefficient (Wildman–Crippen LogP) is 3.77. The van der Waals surface area contributed by atoms with Crippen molar-refractivity contribution < 1.29 is 4.79 Å². The Kier molecular flexibility index (Phi) is 4.58. The molecule has 0 radical (unpaired) electrons. The number of nitrogens with one attached hydrogen (secondary N) is 2.